The van der Waals surface area contributed by atoms with E-state index in [4.69, 9.17) is 9.83 Å². The summed E-state index contributed by atoms with van der Waals surface area (Å²) in [7, 11) is 1.59. The molecule has 7 heteroatoms. The van der Waals surface area contributed by atoms with E-state index in [9.17, 15) is 9.50 Å². The first-order valence-electron chi connectivity index (χ1n) is 11.6. The van der Waals surface area contributed by atoms with Crippen LogP contribution in [0.25, 0.3) is 10.9 Å². The number of rotatable bonds is 7. The first-order valence-corrected chi connectivity index (χ1v) is 11.6. The monoisotopic (exact) mass is 462 g/mol. The van der Waals surface area contributed by atoms with Crippen LogP contribution in [0.5, 0.6) is 0 Å². The van der Waals surface area contributed by atoms with Gasteiger partial charge in [-0.1, -0.05) is 6.92 Å². The molecule has 1 saturated carbocycles. The van der Waals surface area contributed by atoms with Gasteiger partial charge in [-0.05, 0) is 98.2 Å². The van der Waals surface area contributed by atoms with Crippen LogP contribution in [-0.2, 0) is 4.84 Å². The Morgan fingerprint density at radius 2 is 1.88 bits per heavy atom. The summed E-state index contributed by atoms with van der Waals surface area (Å²) in [5, 5.41) is 13.0. The Bertz CT molecular complexity index is 1170. The van der Waals surface area contributed by atoms with Gasteiger partial charge in [-0.3, -0.25) is 15.3 Å². The van der Waals surface area contributed by atoms with E-state index in [1.807, 2.05) is 36.5 Å². The third kappa shape index (κ3) is 5.54. The lowest BCUT2D eigenvalue weighted by molar-refractivity contribution is 0.135. The summed E-state index contributed by atoms with van der Waals surface area (Å²) in [6.07, 6.45) is 6.01. The molecular formula is C27H31FN4O2. The Morgan fingerprint density at radius 3 is 2.56 bits per heavy atom. The number of halogens is 1. The maximum atomic E-state index is 13.9. The molecule has 3 N–H and O–H groups in total. The number of aromatic nitrogens is 1. The SMILES string of the molecule is C=C(O)Nc1ccc(N=C(NOC)C(C)C2CCC(c3ccnc4ccc(F)cc34)CC2)cc1. The van der Waals surface area contributed by atoms with Crippen LogP contribution in [0.4, 0.5) is 15.8 Å². The number of aliphatic imine (C=N–C) groups is 1. The van der Waals surface area contributed by atoms with Crippen LogP contribution in [0, 0.1) is 17.7 Å². The van der Waals surface area contributed by atoms with Crippen LogP contribution in [0.1, 0.15) is 44.1 Å². The largest absolute Gasteiger partial charge is 0.495 e. The van der Waals surface area contributed by atoms with Crippen molar-refractivity contribution in [1.29, 1.82) is 0 Å². The van der Waals surface area contributed by atoms with Gasteiger partial charge in [-0.25, -0.2) is 9.38 Å². The van der Waals surface area contributed by atoms with Crippen molar-refractivity contribution >= 4 is 28.1 Å². The Morgan fingerprint density at radius 1 is 1.15 bits per heavy atom. The molecule has 3 aromatic rings. The van der Waals surface area contributed by atoms with Gasteiger partial charge in [0.15, 0.2) is 5.88 Å². The molecule has 1 fully saturated rings. The van der Waals surface area contributed by atoms with Crippen molar-refractivity contribution < 1.29 is 14.3 Å². The summed E-state index contributed by atoms with van der Waals surface area (Å²) < 4.78 is 13.9. The Kier molecular flexibility index (Phi) is 7.43. The van der Waals surface area contributed by atoms with Crippen molar-refractivity contribution in [2.24, 2.45) is 16.8 Å². The van der Waals surface area contributed by atoms with Crippen molar-refractivity contribution in [3.05, 3.63) is 78.6 Å². The number of fused-ring (bicyclic) bond motifs is 1. The number of hydrogen-bond donors (Lipinski definition) is 3. The number of amidine groups is 1. The van der Waals surface area contributed by atoms with E-state index in [0.29, 0.717) is 11.8 Å². The smallest absolute Gasteiger partial charge is 0.181 e. The molecule has 1 aliphatic rings. The third-order valence-corrected chi connectivity index (χ3v) is 6.70. The van der Waals surface area contributed by atoms with Gasteiger partial charge in [0, 0.05) is 23.2 Å². The number of pyridine rings is 1. The second-order valence-electron chi connectivity index (χ2n) is 8.88. The van der Waals surface area contributed by atoms with Gasteiger partial charge < -0.3 is 10.4 Å². The summed E-state index contributed by atoms with van der Waals surface area (Å²) in [5.41, 5.74) is 6.55. The number of aliphatic hydroxyl groups is 1. The number of nitrogens with zero attached hydrogens (tertiary/aromatic N) is 2. The van der Waals surface area contributed by atoms with Crippen LogP contribution in [0.2, 0.25) is 0 Å². The van der Waals surface area contributed by atoms with Crippen LogP contribution in [0.15, 0.2) is 72.2 Å². The van der Waals surface area contributed by atoms with Crippen molar-refractivity contribution in [2.45, 2.75) is 38.5 Å². The van der Waals surface area contributed by atoms with Gasteiger partial charge in [-0.2, -0.15) is 0 Å². The van der Waals surface area contributed by atoms with Crippen LogP contribution < -0.4 is 10.8 Å². The number of nitrogens with one attached hydrogen (secondary N) is 2. The molecule has 6 nitrogen and oxygen atoms in total. The lowest BCUT2D eigenvalue weighted by Gasteiger charge is -2.33. The van der Waals surface area contributed by atoms with Crippen LogP contribution in [-0.4, -0.2) is 23.0 Å². The predicted molar refractivity (Wildman–Crippen MR) is 135 cm³/mol. The van der Waals surface area contributed by atoms with E-state index in [-0.39, 0.29) is 17.6 Å². The number of benzene rings is 2. The minimum Gasteiger partial charge on any atom is -0.495 e. The fraction of sp³-hybridized carbons (Fsp3) is 0.333. The predicted octanol–water partition coefficient (Wildman–Crippen LogP) is 6.61. The Labute approximate surface area is 199 Å². The highest BCUT2D eigenvalue weighted by molar-refractivity contribution is 5.86. The highest BCUT2D eigenvalue weighted by Crippen LogP contribution is 2.41. The third-order valence-electron chi connectivity index (χ3n) is 6.70. The normalized spacial score (nSPS) is 19.6. The molecule has 0 radical (unpaired) electrons. The van der Waals surface area contributed by atoms with E-state index in [0.717, 1.165) is 53.8 Å². The summed E-state index contributed by atoms with van der Waals surface area (Å²) in [5.74, 6) is 1.50. The van der Waals surface area contributed by atoms with Gasteiger partial charge in [0.25, 0.3) is 0 Å². The lowest BCUT2D eigenvalue weighted by atomic mass is 9.73. The van der Waals surface area contributed by atoms with Gasteiger partial charge in [0.2, 0.25) is 0 Å². The zero-order valence-corrected chi connectivity index (χ0v) is 19.6. The number of hydrogen-bond acceptors (Lipinski definition) is 5. The first-order chi connectivity index (χ1) is 16.4. The Balaban J connectivity index is 1.46. The fourth-order valence-electron chi connectivity index (χ4n) is 4.90. The van der Waals surface area contributed by atoms with Gasteiger partial charge in [0.05, 0.1) is 18.3 Å². The minimum absolute atomic E-state index is 0.105. The van der Waals surface area contributed by atoms with E-state index in [1.165, 1.54) is 11.6 Å². The van der Waals surface area contributed by atoms with E-state index < -0.39 is 0 Å². The quantitative estimate of drug-likeness (QED) is 0.159. The van der Waals surface area contributed by atoms with Crippen molar-refractivity contribution in [3.63, 3.8) is 0 Å². The zero-order chi connectivity index (χ0) is 24.1. The van der Waals surface area contributed by atoms with Gasteiger partial charge in [-0.15, -0.1) is 0 Å². The van der Waals surface area contributed by atoms with E-state index in [2.05, 4.69) is 29.3 Å². The van der Waals surface area contributed by atoms with Crippen LogP contribution >= 0.6 is 0 Å². The molecule has 178 valence electrons. The topological polar surface area (TPSA) is 78.8 Å². The molecule has 0 saturated heterocycles. The minimum atomic E-state index is -0.222. The molecule has 0 amide bonds. The second-order valence-corrected chi connectivity index (χ2v) is 8.88. The molecule has 0 aliphatic heterocycles. The average molecular weight is 463 g/mol. The van der Waals surface area contributed by atoms with Crippen LogP contribution in [0.3, 0.4) is 0 Å². The maximum absolute atomic E-state index is 13.9. The van der Waals surface area contributed by atoms with Crippen molar-refractivity contribution in [3.8, 4) is 0 Å². The number of aliphatic hydroxyl groups excluding tert-OH is 1. The molecule has 1 unspecified atom stereocenters. The fourth-order valence-corrected chi connectivity index (χ4v) is 4.90. The number of anilines is 1. The standard InChI is InChI=1S/C27H31FN4O2/c1-17(27(32-34-3)31-23-11-9-22(10-12-23)30-18(2)33)19-4-6-20(7-5-19)24-14-15-29-26-13-8-21(28)16-25(24)26/h8-17,19-20,30,33H,2,4-7H2,1,3H3,(H,31,32). The number of hydroxylamine groups is 1. The van der Waals surface area contributed by atoms with E-state index >= 15 is 0 Å². The maximum Gasteiger partial charge on any atom is 0.181 e. The summed E-state index contributed by atoms with van der Waals surface area (Å²) in [4.78, 5) is 14.4. The lowest BCUT2D eigenvalue weighted by Crippen LogP contribution is -2.34. The molecule has 1 heterocycles. The summed E-state index contributed by atoms with van der Waals surface area (Å²) in [6.45, 7) is 5.61. The molecule has 1 aromatic heterocycles. The molecule has 2 aromatic carbocycles. The summed E-state index contributed by atoms with van der Waals surface area (Å²) in [6, 6.07) is 14.3. The molecule has 1 aliphatic carbocycles. The average Bonchev–Trinajstić information content (AvgIpc) is 2.84. The second kappa shape index (κ2) is 10.7. The molecule has 0 spiro atoms. The van der Waals surface area contributed by atoms with Crippen molar-refractivity contribution in [1.82, 2.24) is 10.5 Å². The van der Waals surface area contributed by atoms with Gasteiger partial charge in [0.1, 0.15) is 11.7 Å². The van der Waals surface area contributed by atoms with Crippen molar-refractivity contribution in [2.75, 3.05) is 12.4 Å². The zero-order valence-electron chi connectivity index (χ0n) is 19.6. The molecule has 1 atom stereocenters. The summed E-state index contributed by atoms with van der Waals surface area (Å²) >= 11 is 0. The first kappa shape index (κ1) is 23.7. The highest BCUT2D eigenvalue weighted by Gasteiger charge is 2.29. The molecule has 34 heavy (non-hydrogen) atoms. The molecule has 4 rings (SSSR count). The molecular weight excluding hydrogens is 431 g/mol. The Hall–Kier alpha value is -3.45. The highest BCUT2D eigenvalue weighted by atomic mass is 19.1. The van der Waals surface area contributed by atoms with E-state index in [1.54, 1.807) is 19.2 Å². The molecule has 0 bridgehead atoms. The van der Waals surface area contributed by atoms with Gasteiger partial charge >= 0.3 is 0 Å².